The molecule has 0 aliphatic rings. The number of ether oxygens (including phenoxy) is 1. The molecule has 0 saturated carbocycles. The summed E-state index contributed by atoms with van der Waals surface area (Å²) < 4.78 is 5.06. The maximum Gasteiger partial charge on any atom is 0.326 e. The third-order valence-corrected chi connectivity index (χ3v) is 3.38. The number of nitrogens with one attached hydrogen (secondary N) is 1. The molecule has 0 aromatic heterocycles. The Labute approximate surface area is 133 Å². The number of nitrogen functional groups attached to an aromatic ring is 1. The summed E-state index contributed by atoms with van der Waals surface area (Å²) in [6, 6.07) is 12.3. The number of amides is 1. The highest BCUT2D eigenvalue weighted by atomic mass is 16.5. The molecule has 120 valence electrons. The van der Waals surface area contributed by atoms with Gasteiger partial charge >= 0.3 is 5.97 Å². The van der Waals surface area contributed by atoms with Crippen LogP contribution in [-0.4, -0.2) is 30.1 Å². The number of hydrogen-bond donors (Lipinski definition) is 3. The molecule has 0 spiro atoms. The van der Waals surface area contributed by atoms with Gasteiger partial charge < -0.3 is 20.9 Å². The van der Waals surface area contributed by atoms with Crippen molar-refractivity contribution in [2.75, 3.05) is 12.8 Å². The SMILES string of the molecule is COc1ccc(CC(NC(=O)c2ccc(N)cc2)C(=O)O)cc1. The summed E-state index contributed by atoms with van der Waals surface area (Å²) in [6.45, 7) is 0. The topological polar surface area (TPSA) is 102 Å². The van der Waals surface area contributed by atoms with Crippen LogP contribution in [0, 0.1) is 0 Å². The van der Waals surface area contributed by atoms with Crippen molar-refractivity contribution in [2.45, 2.75) is 12.5 Å². The zero-order valence-corrected chi connectivity index (χ0v) is 12.7. The number of aliphatic carboxylic acids is 1. The van der Waals surface area contributed by atoms with Crippen molar-refractivity contribution in [2.24, 2.45) is 0 Å². The van der Waals surface area contributed by atoms with Gasteiger partial charge in [-0.1, -0.05) is 12.1 Å². The van der Waals surface area contributed by atoms with Gasteiger partial charge in [-0.15, -0.1) is 0 Å². The summed E-state index contributed by atoms with van der Waals surface area (Å²) >= 11 is 0. The molecule has 0 aliphatic heterocycles. The average Bonchev–Trinajstić information content (AvgIpc) is 2.55. The van der Waals surface area contributed by atoms with Gasteiger partial charge in [-0.2, -0.15) is 0 Å². The molecular weight excluding hydrogens is 296 g/mol. The number of carboxylic acids is 1. The van der Waals surface area contributed by atoms with Crippen LogP contribution < -0.4 is 15.8 Å². The molecule has 1 atom stereocenters. The lowest BCUT2D eigenvalue weighted by atomic mass is 10.1. The van der Waals surface area contributed by atoms with Gasteiger partial charge in [0.25, 0.3) is 5.91 Å². The van der Waals surface area contributed by atoms with Crippen LogP contribution in [0.15, 0.2) is 48.5 Å². The normalized spacial score (nSPS) is 11.5. The molecule has 1 amide bonds. The standard InChI is InChI=1S/C17H18N2O4/c1-23-14-8-2-11(3-9-14)10-15(17(21)22)19-16(20)12-4-6-13(18)7-5-12/h2-9,15H,10,18H2,1H3,(H,19,20)(H,21,22). The first-order valence-electron chi connectivity index (χ1n) is 7.01. The lowest BCUT2D eigenvalue weighted by Gasteiger charge is -2.15. The molecular formula is C17H18N2O4. The van der Waals surface area contributed by atoms with E-state index in [-0.39, 0.29) is 6.42 Å². The zero-order valence-electron chi connectivity index (χ0n) is 12.7. The monoisotopic (exact) mass is 314 g/mol. The van der Waals surface area contributed by atoms with Gasteiger partial charge in [0.1, 0.15) is 11.8 Å². The molecule has 0 fully saturated rings. The van der Waals surface area contributed by atoms with E-state index in [0.717, 1.165) is 5.56 Å². The Bertz CT molecular complexity index is 681. The Hall–Kier alpha value is -3.02. The predicted octanol–water partition coefficient (Wildman–Crippen LogP) is 1.70. The van der Waals surface area contributed by atoms with Crippen LogP contribution in [0.5, 0.6) is 5.75 Å². The molecule has 0 aliphatic carbocycles. The number of hydrogen-bond acceptors (Lipinski definition) is 4. The summed E-state index contributed by atoms with van der Waals surface area (Å²) in [7, 11) is 1.56. The summed E-state index contributed by atoms with van der Waals surface area (Å²) in [5.74, 6) is -0.859. The first-order chi connectivity index (χ1) is 11.0. The molecule has 6 nitrogen and oxygen atoms in total. The van der Waals surface area contributed by atoms with Crippen molar-refractivity contribution in [1.29, 1.82) is 0 Å². The van der Waals surface area contributed by atoms with E-state index in [1.807, 2.05) is 0 Å². The summed E-state index contributed by atoms with van der Waals surface area (Å²) in [5, 5.41) is 11.8. The number of rotatable bonds is 6. The van der Waals surface area contributed by atoms with Crippen molar-refractivity contribution in [3.05, 3.63) is 59.7 Å². The fraction of sp³-hybridized carbons (Fsp3) is 0.176. The second-order valence-corrected chi connectivity index (χ2v) is 5.04. The Morgan fingerprint density at radius 2 is 1.74 bits per heavy atom. The van der Waals surface area contributed by atoms with Crippen molar-refractivity contribution in [3.8, 4) is 5.75 Å². The lowest BCUT2D eigenvalue weighted by Crippen LogP contribution is -2.42. The van der Waals surface area contributed by atoms with Gasteiger partial charge in [0.2, 0.25) is 0 Å². The minimum Gasteiger partial charge on any atom is -0.497 e. The van der Waals surface area contributed by atoms with E-state index in [9.17, 15) is 14.7 Å². The number of methoxy groups -OCH3 is 1. The number of carbonyl (C=O) groups is 2. The number of anilines is 1. The minimum atomic E-state index is -1.09. The fourth-order valence-electron chi connectivity index (χ4n) is 2.07. The van der Waals surface area contributed by atoms with Crippen molar-refractivity contribution >= 4 is 17.6 Å². The first kappa shape index (κ1) is 16.4. The van der Waals surface area contributed by atoms with Crippen molar-refractivity contribution < 1.29 is 19.4 Å². The van der Waals surface area contributed by atoms with E-state index in [4.69, 9.17) is 10.5 Å². The molecule has 4 N–H and O–H groups in total. The average molecular weight is 314 g/mol. The van der Waals surface area contributed by atoms with Crippen LogP contribution in [0.3, 0.4) is 0 Å². The molecule has 0 saturated heterocycles. The highest BCUT2D eigenvalue weighted by molar-refractivity contribution is 5.96. The second-order valence-electron chi connectivity index (χ2n) is 5.04. The Morgan fingerprint density at radius 1 is 1.13 bits per heavy atom. The van der Waals surface area contributed by atoms with Gasteiger partial charge in [0.15, 0.2) is 0 Å². The summed E-state index contributed by atoms with van der Waals surface area (Å²) in [5.41, 5.74) is 7.25. The van der Waals surface area contributed by atoms with Crippen LogP contribution in [0.25, 0.3) is 0 Å². The van der Waals surface area contributed by atoms with Gasteiger partial charge in [-0.25, -0.2) is 4.79 Å². The predicted molar refractivity (Wildman–Crippen MR) is 86.4 cm³/mol. The van der Waals surface area contributed by atoms with E-state index in [0.29, 0.717) is 17.0 Å². The van der Waals surface area contributed by atoms with Crippen LogP contribution >= 0.6 is 0 Å². The van der Waals surface area contributed by atoms with E-state index in [2.05, 4.69) is 5.32 Å². The van der Waals surface area contributed by atoms with Crippen molar-refractivity contribution in [3.63, 3.8) is 0 Å². The first-order valence-corrected chi connectivity index (χ1v) is 7.01. The largest absolute Gasteiger partial charge is 0.497 e. The number of carbonyl (C=O) groups excluding carboxylic acids is 1. The lowest BCUT2D eigenvalue weighted by molar-refractivity contribution is -0.139. The van der Waals surface area contributed by atoms with E-state index in [1.165, 1.54) is 0 Å². The molecule has 0 bridgehead atoms. The molecule has 0 heterocycles. The number of nitrogens with two attached hydrogens (primary N) is 1. The second kappa shape index (κ2) is 7.31. The van der Waals surface area contributed by atoms with Crippen LogP contribution in [0.1, 0.15) is 15.9 Å². The van der Waals surface area contributed by atoms with Gasteiger partial charge in [0, 0.05) is 17.7 Å². The maximum absolute atomic E-state index is 12.1. The van der Waals surface area contributed by atoms with Crippen molar-refractivity contribution in [1.82, 2.24) is 5.32 Å². The van der Waals surface area contributed by atoms with Gasteiger partial charge in [-0.3, -0.25) is 4.79 Å². The van der Waals surface area contributed by atoms with Gasteiger partial charge in [0.05, 0.1) is 7.11 Å². The highest BCUT2D eigenvalue weighted by Crippen LogP contribution is 2.13. The summed E-state index contributed by atoms with van der Waals surface area (Å²) in [6.07, 6.45) is 0.181. The van der Waals surface area contributed by atoms with Crippen LogP contribution in [0.2, 0.25) is 0 Å². The molecule has 2 aromatic carbocycles. The number of benzene rings is 2. The highest BCUT2D eigenvalue weighted by Gasteiger charge is 2.21. The number of carboxylic acid groups (broad SMARTS) is 1. The Kier molecular flexibility index (Phi) is 5.19. The maximum atomic E-state index is 12.1. The molecule has 6 heteroatoms. The molecule has 23 heavy (non-hydrogen) atoms. The molecule has 2 aromatic rings. The van der Waals surface area contributed by atoms with Crippen LogP contribution in [0.4, 0.5) is 5.69 Å². The van der Waals surface area contributed by atoms with E-state index < -0.39 is 17.9 Å². The minimum absolute atomic E-state index is 0.181. The third kappa shape index (κ3) is 4.47. The van der Waals surface area contributed by atoms with Crippen LogP contribution in [-0.2, 0) is 11.2 Å². The van der Waals surface area contributed by atoms with Gasteiger partial charge in [-0.05, 0) is 42.0 Å². The van der Waals surface area contributed by atoms with E-state index >= 15 is 0 Å². The quantitative estimate of drug-likeness (QED) is 0.704. The Morgan fingerprint density at radius 3 is 2.26 bits per heavy atom. The summed E-state index contributed by atoms with van der Waals surface area (Å²) in [4.78, 5) is 23.5. The Balaban J connectivity index is 2.07. The smallest absolute Gasteiger partial charge is 0.326 e. The zero-order chi connectivity index (χ0) is 16.8. The molecule has 0 radical (unpaired) electrons. The molecule has 1 unspecified atom stereocenters. The third-order valence-electron chi connectivity index (χ3n) is 3.38. The molecule has 2 rings (SSSR count). The fourth-order valence-corrected chi connectivity index (χ4v) is 2.07. The van der Waals surface area contributed by atoms with E-state index in [1.54, 1.807) is 55.6 Å².